The van der Waals surface area contributed by atoms with Crippen molar-refractivity contribution in [2.24, 2.45) is 11.8 Å². The summed E-state index contributed by atoms with van der Waals surface area (Å²) in [7, 11) is 0. The minimum absolute atomic E-state index is 0.0148. The minimum Gasteiger partial charge on any atom is -0.341 e. The average Bonchev–Trinajstić information content (AvgIpc) is 3.70. The van der Waals surface area contributed by atoms with E-state index < -0.39 is 5.41 Å². The number of benzene rings is 2. The molecule has 8 nitrogen and oxygen atoms in total. The molecule has 0 bridgehead atoms. The molecule has 1 aromatic heterocycles. The van der Waals surface area contributed by atoms with Gasteiger partial charge in [0.15, 0.2) is 0 Å². The number of amides is 3. The van der Waals surface area contributed by atoms with Crippen LogP contribution in [-0.4, -0.2) is 70.4 Å². The number of hydrogen-bond donors (Lipinski definition) is 1. The van der Waals surface area contributed by atoms with Gasteiger partial charge in [-0.3, -0.25) is 19.5 Å². The van der Waals surface area contributed by atoms with Gasteiger partial charge in [-0.25, -0.2) is 0 Å². The van der Waals surface area contributed by atoms with Crippen molar-refractivity contribution in [2.75, 3.05) is 37.6 Å². The number of aromatic nitrogens is 2. The van der Waals surface area contributed by atoms with Crippen molar-refractivity contribution in [3.63, 3.8) is 0 Å². The standard InChI is InChI=1S/C29H30BrN5O3/c30-22-5-2-6-24-26(22)29(28(38)35(24)17-25(36)34-15-19-3-1-4-20(19)16-34)9-11-33(12-10-29)27(37)18-7-8-23-21(13-18)14-31-32-23/h2,5-8,13-14,19-20H,1,3-4,9-12,15-17H2,(H,31,32)/t19-,20+. The lowest BCUT2D eigenvalue weighted by Gasteiger charge is -2.39. The first-order valence-corrected chi connectivity index (χ1v) is 14.3. The second-order valence-electron chi connectivity index (χ2n) is 11.3. The van der Waals surface area contributed by atoms with Gasteiger partial charge in [0.25, 0.3) is 5.91 Å². The minimum atomic E-state index is -0.734. The number of halogens is 1. The van der Waals surface area contributed by atoms with Crippen molar-refractivity contribution < 1.29 is 14.4 Å². The molecule has 2 saturated heterocycles. The fraction of sp³-hybridized carbons (Fsp3) is 0.448. The number of piperidine rings is 1. The van der Waals surface area contributed by atoms with Crippen LogP contribution in [0.1, 0.15) is 48.0 Å². The summed E-state index contributed by atoms with van der Waals surface area (Å²) in [6.45, 7) is 2.68. The molecule has 9 heteroatoms. The van der Waals surface area contributed by atoms with Crippen molar-refractivity contribution >= 4 is 50.2 Å². The van der Waals surface area contributed by atoms with Crippen LogP contribution in [0.3, 0.4) is 0 Å². The molecule has 3 aromatic rings. The molecule has 0 radical (unpaired) electrons. The Balaban J connectivity index is 1.11. The molecule has 4 heterocycles. The number of rotatable bonds is 3. The highest BCUT2D eigenvalue weighted by Crippen LogP contribution is 2.51. The van der Waals surface area contributed by atoms with Crippen LogP contribution in [0.5, 0.6) is 0 Å². The fourth-order valence-electron chi connectivity index (χ4n) is 7.33. The third-order valence-electron chi connectivity index (χ3n) is 9.38. The van der Waals surface area contributed by atoms with Gasteiger partial charge in [0.2, 0.25) is 11.8 Å². The zero-order valence-corrected chi connectivity index (χ0v) is 22.7. The van der Waals surface area contributed by atoms with Crippen LogP contribution >= 0.6 is 15.9 Å². The van der Waals surface area contributed by atoms with E-state index in [0.717, 1.165) is 39.7 Å². The molecular weight excluding hydrogens is 546 g/mol. The lowest BCUT2D eigenvalue weighted by atomic mass is 9.73. The summed E-state index contributed by atoms with van der Waals surface area (Å²) in [5, 5.41) is 7.86. The largest absolute Gasteiger partial charge is 0.341 e. The van der Waals surface area contributed by atoms with Gasteiger partial charge < -0.3 is 14.7 Å². The normalized spacial score (nSPS) is 23.9. The van der Waals surface area contributed by atoms with Gasteiger partial charge in [0.05, 0.1) is 17.1 Å². The quantitative estimate of drug-likeness (QED) is 0.509. The van der Waals surface area contributed by atoms with E-state index in [9.17, 15) is 14.4 Å². The van der Waals surface area contributed by atoms with Gasteiger partial charge in [-0.15, -0.1) is 0 Å². The van der Waals surface area contributed by atoms with E-state index in [4.69, 9.17) is 0 Å². The summed E-state index contributed by atoms with van der Waals surface area (Å²) in [6.07, 6.45) is 6.46. The van der Waals surface area contributed by atoms with Crippen molar-refractivity contribution in [1.82, 2.24) is 20.0 Å². The first-order valence-electron chi connectivity index (χ1n) is 13.6. The third-order valence-corrected chi connectivity index (χ3v) is 10.0. The molecule has 3 aliphatic heterocycles. The lowest BCUT2D eigenvalue weighted by Crippen LogP contribution is -2.51. The van der Waals surface area contributed by atoms with Crippen molar-refractivity contribution in [1.29, 1.82) is 0 Å². The van der Waals surface area contributed by atoms with Crippen LogP contribution in [0, 0.1) is 11.8 Å². The molecule has 2 aromatic carbocycles. The number of aromatic amines is 1. The number of likely N-dealkylation sites (tertiary alicyclic amines) is 2. The SMILES string of the molecule is O=C(CN1C(=O)C2(CCN(C(=O)c3ccc4[nH]ncc4c3)CC2)c2c(Br)cccc21)N1C[C@H]2CCC[C@H]2C1. The van der Waals surface area contributed by atoms with Gasteiger partial charge in [-0.1, -0.05) is 28.4 Å². The Kier molecular flexibility index (Phi) is 5.61. The monoisotopic (exact) mass is 575 g/mol. The second kappa shape index (κ2) is 8.93. The highest BCUT2D eigenvalue weighted by molar-refractivity contribution is 9.10. The van der Waals surface area contributed by atoms with Crippen LogP contribution in [0.2, 0.25) is 0 Å². The molecular formula is C29H30BrN5O3. The number of anilines is 1. The maximum atomic E-state index is 14.1. The Hall–Kier alpha value is -3.20. The maximum absolute atomic E-state index is 14.1. The fourth-order valence-corrected chi connectivity index (χ4v) is 8.07. The number of nitrogens with one attached hydrogen (secondary N) is 1. The molecule has 2 atom stereocenters. The smallest absolute Gasteiger partial charge is 0.253 e. The maximum Gasteiger partial charge on any atom is 0.253 e. The highest BCUT2D eigenvalue weighted by Gasteiger charge is 2.54. The van der Waals surface area contributed by atoms with Crippen molar-refractivity contribution in [3.05, 3.63) is 58.2 Å². The molecule has 196 valence electrons. The molecule has 0 unspecified atom stereocenters. The Morgan fingerprint density at radius 2 is 1.82 bits per heavy atom. The Morgan fingerprint density at radius 1 is 1.05 bits per heavy atom. The predicted octanol–water partition coefficient (Wildman–Crippen LogP) is 4.10. The zero-order valence-electron chi connectivity index (χ0n) is 21.2. The molecule has 4 aliphatic rings. The van der Waals surface area contributed by atoms with Gasteiger partial charge >= 0.3 is 0 Å². The van der Waals surface area contributed by atoms with Crippen LogP contribution < -0.4 is 4.90 Å². The van der Waals surface area contributed by atoms with Crippen LogP contribution in [0.15, 0.2) is 47.1 Å². The lowest BCUT2D eigenvalue weighted by molar-refractivity contribution is -0.132. The summed E-state index contributed by atoms with van der Waals surface area (Å²) in [4.78, 5) is 46.4. The van der Waals surface area contributed by atoms with E-state index in [1.54, 1.807) is 11.1 Å². The van der Waals surface area contributed by atoms with Crippen LogP contribution in [0.4, 0.5) is 5.69 Å². The van der Waals surface area contributed by atoms with E-state index >= 15 is 0 Å². The van der Waals surface area contributed by atoms with Crippen molar-refractivity contribution in [2.45, 2.75) is 37.5 Å². The number of carbonyl (C=O) groups excluding carboxylic acids is 3. The van der Waals surface area contributed by atoms with Crippen LogP contribution in [0.25, 0.3) is 10.9 Å². The van der Waals surface area contributed by atoms with Gasteiger partial charge in [-0.05, 0) is 67.9 Å². The zero-order chi connectivity index (χ0) is 26.0. The van der Waals surface area contributed by atoms with E-state index in [2.05, 4.69) is 26.1 Å². The summed E-state index contributed by atoms with van der Waals surface area (Å²) in [5.74, 6) is 1.23. The van der Waals surface area contributed by atoms with Crippen molar-refractivity contribution in [3.8, 4) is 0 Å². The van der Waals surface area contributed by atoms with E-state index in [1.165, 1.54) is 19.3 Å². The Morgan fingerprint density at radius 3 is 2.58 bits per heavy atom. The highest BCUT2D eigenvalue weighted by atomic mass is 79.9. The Labute approximate surface area is 229 Å². The van der Waals surface area contributed by atoms with Gasteiger partial charge in [0, 0.05) is 52.9 Å². The molecule has 3 fully saturated rings. The topological polar surface area (TPSA) is 89.6 Å². The summed E-state index contributed by atoms with van der Waals surface area (Å²) >= 11 is 3.71. The average molecular weight is 576 g/mol. The Bertz CT molecular complexity index is 1450. The van der Waals surface area contributed by atoms with Crippen LogP contribution in [-0.2, 0) is 15.0 Å². The van der Waals surface area contributed by atoms with Gasteiger partial charge in [0.1, 0.15) is 6.54 Å². The van der Waals surface area contributed by atoms with E-state index in [-0.39, 0.29) is 24.3 Å². The first kappa shape index (κ1) is 23.9. The first-order chi connectivity index (χ1) is 18.4. The molecule has 38 heavy (non-hydrogen) atoms. The summed E-state index contributed by atoms with van der Waals surface area (Å²) in [6, 6.07) is 11.4. The second-order valence-corrected chi connectivity index (χ2v) is 12.2. The predicted molar refractivity (Wildman–Crippen MR) is 147 cm³/mol. The van der Waals surface area contributed by atoms with E-state index in [0.29, 0.717) is 43.3 Å². The third kappa shape index (κ3) is 3.61. The number of carbonyl (C=O) groups is 3. The van der Waals surface area contributed by atoms with E-state index in [1.807, 2.05) is 46.2 Å². The molecule has 1 N–H and O–H groups in total. The number of H-pyrrole nitrogens is 1. The number of hydrogen-bond acceptors (Lipinski definition) is 4. The summed E-state index contributed by atoms with van der Waals surface area (Å²) in [5.41, 5.74) is 2.56. The number of nitrogens with zero attached hydrogens (tertiary/aromatic N) is 4. The molecule has 1 saturated carbocycles. The summed E-state index contributed by atoms with van der Waals surface area (Å²) < 4.78 is 0.888. The van der Waals surface area contributed by atoms with Gasteiger partial charge in [-0.2, -0.15) is 5.10 Å². The number of fused-ring (bicyclic) bond motifs is 4. The molecule has 1 aliphatic carbocycles. The molecule has 1 spiro atoms. The molecule has 3 amide bonds. The molecule has 7 rings (SSSR count).